The quantitative estimate of drug-likeness (QED) is 0.495. The Morgan fingerprint density at radius 1 is 1.03 bits per heavy atom. The highest BCUT2D eigenvalue weighted by Crippen LogP contribution is 2.43. The molecule has 1 saturated heterocycles. The molecule has 0 atom stereocenters. The van der Waals surface area contributed by atoms with Crippen LogP contribution in [0, 0.1) is 0 Å². The van der Waals surface area contributed by atoms with Gasteiger partial charge in [0, 0.05) is 30.5 Å². The molecular formula is C26H25N5O2. The molecule has 2 N–H and O–H groups in total. The second-order valence-electron chi connectivity index (χ2n) is 8.65. The molecule has 7 nitrogen and oxygen atoms in total. The number of benzene rings is 2. The topological polar surface area (TPSA) is 75.2 Å². The summed E-state index contributed by atoms with van der Waals surface area (Å²) in [7, 11) is 1.63. The Kier molecular flexibility index (Phi) is 4.50. The van der Waals surface area contributed by atoms with E-state index in [2.05, 4.69) is 62.7 Å². The molecule has 166 valence electrons. The van der Waals surface area contributed by atoms with Gasteiger partial charge >= 0.3 is 0 Å². The molecule has 4 aromatic rings. The van der Waals surface area contributed by atoms with Gasteiger partial charge in [0.2, 0.25) is 0 Å². The van der Waals surface area contributed by atoms with Crippen LogP contribution < -0.4 is 10.1 Å². The molecule has 1 spiro atoms. The molecule has 0 unspecified atom stereocenters. The predicted molar refractivity (Wildman–Crippen MR) is 127 cm³/mol. The number of fused-ring (bicyclic) bond motifs is 4. The summed E-state index contributed by atoms with van der Waals surface area (Å²) in [6.45, 7) is 1.34. The molecule has 0 saturated carbocycles. The fourth-order valence-corrected chi connectivity index (χ4v) is 5.16. The third kappa shape index (κ3) is 3.11. The second kappa shape index (κ2) is 7.55. The Bertz CT molecular complexity index is 1330. The number of carbonyl (C=O) groups is 1. The van der Waals surface area contributed by atoms with Gasteiger partial charge in [-0.2, -0.15) is 5.10 Å². The van der Waals surface area contributed by atoms with Crippen LogP contribution in [-0.2, 0) is 5.54 Å². The zero-order valence-electron chi connectivity index (χ0n) is 18.4. The lowest BCUT2D eigenvalue weighted by molar-refractivity contribution is 0.0670. The van der Waals surface area contributed by atoms with E-state index in [1.165, 1.54) is 11.4 Å². The van der Waals surface area contributed by atoms with Gasteiger partial charge in [-0.15, -0.1) is 0 Å². The summed E-state index contributed by atoms with van der Waals surface area (Å²) in [5.74, 6) is 0.708. The van der Waals surface area contributed by atoms with E-state index >= 15 is 0 Å². The molecule has 2 aromatic heterocycles. The minimum atomic E-state index is -0.175. The van der Waals surface area contributed by atoms with Crippen molar-refractivity contribution >= 4 is 11.6 Å². The van der Waals surface area contributed by atoms with Crippen molar-refractivity contribution in [1.82, 2.24) is 19.7 Å². The maximum absolute atomic E-state index is 13.3. The van der Waals surface area contributed by atoms with Gasteiger partial charge in [-0.05, 0) is 55.3 Å². The van der Waals surface area contributed by atoms with E-state index in [1.807, 2.05) is 35.2 Å². The molecule has 6 rings (SSSR count). The maximum Gasteiger partial charge on any atom is 0.271 e. The van der Waals surface area contributed by atoms with Gasteiger partial charge in [0.25, 0.3) is 5.91 Å². The van der Waals surface area contributed by atoms with E-state index in [0.29, 0.717) is 24.5 Å². The number of nitrogens with one attached hydrogen (secondary N) is 2. The third-order valence-corrected chi connectivity index (χ3v) is 6.87. The summed E-state index contributed by atoms with van der Waals surface area (Å²) in [4.78, 5) is 15.2. The molecule has 2 aliphatic rings. The number of carbonyl (C=O) groups excluding carboxylic acids is 1. The molecule has 1 amide bonds. The summed E-state index contributed by atoms with van der Waals surface area (Å²) < 4.78 is 7.71. The smallest absolute Gasteiger partial charge is 0.271 e. The van der Waals surface area contributed by atoms with Crippen LogP contribution in [0.15, 0.2) is 72.9 Å². The van der Waals surface area contributed by atoms with Crippen LogP contribution in [-0.4, -0.2) is 45.8 Å². The first kappa shape index (κ1) is 19.7. The molecule has 0 bridgehead atoms. The molecule has 1 fully saturated rings. The Morgan fingerprint density at radius 3 is 2.67 bits per heavy atom. The van der Waals surface area contributed by atoms with E-state index in [-0.39, 0.29) is 11.4 Å². The molecule has 0 radical (unpaired) electrons. The van der Waals surface area contributed by atoms with Gasteiger partial charge in [-0.1, -0.05) is 24.3 Å². The third-order valence-electron chi connectivity index (χ3n) is 6.87. The molecule has 4 heterocycles. The largest absolute Gasteiger partial charge is 0.496 e. The van der Waals surface area contributed by atoms with Crippen molar-refractivity contribution < 1.29 is 9.53 Å². The monoisotopic (exact) mass is 439 g/mol. The molecule has 0 aliphatic carbocycles. The number of aromatic amines is 1. The van der Waals surface area contributed by atoms with Gasteiger partial charge in [-0.3, -0.25) is 9.89 Å². The SMILES string of the molecule is COc1ccccc1-c1cc(C(=O)N2CCC3(CC2)Nc2ccccc2-n2cccc23)[nH]n1. The molecule has 2 aliphatic heterocycles. The van der Waals surface area contributed by atoms with Crippen LogP contribution in [0.25, 0.3) is 16.9 Å². The van der Waals surface area contributed by atoms with Gasteiger partial charge in [0.15, 0.2) is 0 Å². The van der Waals surface area contributed by atoms with Crippen LogP contribution in [0.1, 0.15) is 29.0 Å². The lowest BCUT2D eigenvalue weighted by Gasteiger charge is -2.46. The number of hydrogen-bond acceptors (Lipinski definition) is 4. The number of ether oxygens (including phenoxy) is 1. The van der Waals surface area contributed by atoms with Crippen molar-refractivity contribution in [2.45, 2.75) is 18.4 Å². The average Bonchev–Trinajstić information content (AvgIpc) is 3.55. The van der Waals surface area contributed by atoms with Crippen LogP contribution in [0.2, 0.25) is 0 Å². The highest BCUT2D eigenvalue weighted by molar-refractivity contribution is 5.93. The zero-order valence-corrected chi connectivity index (χ0v) is 18.4. The summed E-state index contributed by atoms with van der Waals surface area (Å²) in [6.07, 6.45) is 3.80. The van der Waals surface area contributed by atoms with E-state index in [0.717, 1.165) is 29.8 Å². The van der Waals surface area contributed by atoms with E-state index in [1.54, 1.807) is 7.11 Å². The lowest BCUT2D eigenvalue weighted by atomic mass is 9.82. The Hall–Kier alpha value is -4.00. The standard InChI is InChI=1S/C26H25N5O2/c1-33-23-10-5-2-7-18(23)20-17-21(29-28-20)25(32)30-15-12-26(13-16-30)24-11-6-14-31(24)22-9-4-3-8-19(22)27-26/h2-11,14,17,27H,12-13,15-16H2,1H3,(H,28,29). The lowest BCUT2D eigenvalue weighted by Crippen LogP contribution is -2.51. The van der Waals surface area contributed by atoms with Crippen molar-refractivity contribution in [2.24, 2.45) is 0 Å². The average molecular weight is 440 g/mol. The first-order valence-corrected chi connectivity index (χ1v) is 11.2. The van der Waals surface area contributed by atoms with Crippen molar-refractivity contribution in [1.29, 1.82) is 0 Å². The second-order valence-corrected chi connectivity index (χ2v) is 8.65. The van der Waals surface area contributed by atoms with Crippen LogP contribution in [0.5, 0.6) is 5.75 Å². The molecule has 2 aromatic carbocycles. The molecule has 33 heavy (non-hydrogen) atoms. The van der Waals surface area contributed by atoms with Gasteiger partial charge in [0.05, 0.1) is 29.7 Å². The summed E-state index contributed by atoms with van der Waals surface area (Å²) in [5.41, 5.74) is 5.45. The van der Waals surface area contributed by atoms with E-state index in [9.17, 15) is 4.79 Å². The normalized spacial score (nSPS) is 16.1. The number of hydrogen-bond donors (Lipinski definition) is 2. The Balaban J connectivity index is 1.22. The number of para-hydroxylation sites is 3. The summed E-state index contributed by atoms with van der Waals surface area (Å²) >= 11 is 0. The summed E-state index contributed by atoms with van der Waals surface area (Å²) in [6, 6.07) is 22.2. The fourth-order valence-electron chi connectivity index (χ4n) is 5.16. The first-order chi connectivity index (χ1) is 16.2. The van der Waals surface area contributed by atoms with E-state index < -0.39 is 0 Å². The Labute approximate surface area is 192 Å². The minimum Gasteiger partial charge on any atom is -0.496 e. The zero-order chi connectivity index (χ0) is 22.4. The number of piperidine rings is 1. The predicted octanol–water partition coefficient (Wildman–Crippen LogP) is 4.43. The Morgan fingerprint density at radius 2 is 1.82 bits per heavy atom. The first-order valence-electron chi connectivity index (χ1n) is 11.2. The van der Waals surface area contributed by atoms with Crippen molar-refractivity contribution in [3.05, 3.63) is 84.3 Å². The summed E-state index contributed by atoms with van der Waals surface area (Å²) in [5, 5.41) is 11.1. The van der Waals surface area contributed by atoms with E-state index in [4.69, 9.17) is 4.74 Å². The van der Waals surface area contributed by atoms with Crippen LogP contribution >= 0.6 is 0 Å². The fraction of sp³-hybridized carbons (Fsp3) is 0.231. The highest BCUT2D eigenvalue weighted by atomic mass is 16.5. The van der Waals surface area contributed by atoms with Crippen molar-refractivity contribution in [3.8, 4) is 22.7 Å². The molecular weight excluding hydrogens is 414 g/mol. The number of likely N-dealkylation sites (tertiary alicyclic amines) is 1. The minimum absolute atomic E-state index is 0.0231. The number of nitrogens with zero attached hydrogens (tertiary/aromatic N) is 3. The number of H-pyrrole nitrogens is 1. The number of rotatable bonds is 3. The van der Waals surface area contributed by atoms with Crippen LogP contribution in [0.3, 0.4) is 0 Å². The van der Waals surface area contributed by atoms with Gasteiger partial charge in [0.1, 0.15) is 11.4 Å². The number of amides is 1. The van der Waals surface area contributed by atoms with Gasteiger partial charge in [-0.25, -0.2) is 0 Å². The number of aromatic nitrogens is 3. The highest BCUT2D eigenvalue weighted by Gasteiger charge is 2.42. The van der Waals surface area contributed by atoms with Gasteiger partial charge < -0.3 is 19.5 Å². The van der Waals surface area contributed by atoms with Crippen molar-refractivity contribution in [2.75, 3.05) is 25.5 Å². The number of methoxy groups -OCH3 is 1. The van der Waals surface area contributed by atoms with Crippen molar-refractivity contribution in [3.63, 3.8) is 0 Å². The molecule has 7 heteroatoms. The van der Waals surface area contributed by atoms with Crippen LogP contribution in [0.4, 0.5) is 5.69 Å². The number of anilines is 1. The maximum atomic E-state index is 13.3.